The minimum absolute atomic E-state index is 0.0464. The van der Waals surface area contributed by atoms with Crippen LogP contribution < -0.4 is 0 Å². The van der Waals surface area contributed by atoms with Crippen LogP contribution in [-0.4, -0.2) is 12.1 Å². The largest absolute Gasteiger partial charge is 0.458 e. The normalized spacial score (nSPS) is 21.6. The Bertz CT molecular complexity index is 285. The van der Waals surface area contributed by atoms with E-state index in [1.54, 1.807) is 0 Å². The van der Waals surface area contributed by atoms with E-state index in [1.165, 1.54) is 12.5 Å². The molecule has 0 saturated carbocycles. The lowest BCUT2D eigenvalue weighted by Crippen LogP contribution is -2.21. The first-order valence-electron chi connectivity index (χ1n) is 5.05. The van der Waals surface area contributed by atoms with Crippen LogP contribution in [0.2, 0.25) is 0 Å². The highest BCUT2D eigenvalue weighted by Crippen LogP contribution is 2.26. The predicted molar refractivity (Wildman–Crippen MR) is 56.8 cm³/mol. The highest BCUT2D eigenvalue weighted by molar-refractivity contribution is 5.66. The topological polar surface area (TPSA) is 26.3 Å². The Balaban J connectivity index is 2.71. The SMILES string of the molecule is CC(=O)OC1CC(C(C)C)=CC=C1C. The zero-order valence-electron chi connectivity index (χ0n) is 9.33. The molecule has 1 unspecified atom stereocenters. The third kappa shape index (κ3) is 2.72. The zero-order valence-corrected chi connectivity index (χ0v) is 9.33. The van der Waals surface area contributed by atoms with Crippen LogP contribution in [0.15, 0.2) is 23.3 Å². The van der Waals surface area contributed by atoms with Gasteiger partial charge in [-0.1, -0.05) is 31.6 Å². The molecule has 0 bridgehead atoms. The number of ether oxygens (including phenoxy) is 1. The minimum atomic E-state index is -0.201. The number of carbonyl (C=O) groups excluding carboxylic acids is 1. The van der Waals surface area contributed by atoms with Crippen LogP contribution in [0.4, 0.5) is 0 Å². The number of hydrogen-bond acceptors (Lipinski definition) is 2. The summed E-state index contributed by atoms with van der Waals surface area (Å²) in [4.78, 5) is 10.9. The second-order valence-corrected chi connectivity index (χ2v) is 4.11. The molecule has 2 heteroatoms. The molecule has 0 radical (unpaired) electrons. The van der Waals surface area contributed by atoms with Crippen LogP contribution in [0.3, 0.4) is 0 Å². The summed E-state index contributed by atoms with van der Waals surface area (Å²) in [6, 6.07) is 0. The van der Waals surface area contributed by atoms with Gasteiger partial charge in [0.15, 0.2) is 0 Å². The van der Waals surface area contributed by atoms with Crippen molar-refractivity contribution in [3.05, 3.63) is 23.3 Å². The van der Waals surface area contributed by atoms with E-state index in [9.17, 15) is 4.79 Å². The minimum Gasteiger partial charge on any atom is -0.458 e. The lowest BCUT2D eigenvalue weighted by Gasteiger charge is -2.24. The Kier molecular flexibility index (Phi) is 3.50. The molecule has 0 fully saturated rings. The van der Waals surface area contributed by atoms with Crippen molar-refractivity contribution in [1.29, 1.82) is 0 Å². The van der Waals surface area contributed by atoms with Gasteiger partial charge in [-0.15, -0.1) is 0 Å². The molecular weight excluding hydrogens is 176 g/mol. The maximum absolute atomic E-state index is 10.9. The highest BCUT2D eigenvalue weighted by Gasteiger charge is 2.20. The fourth-order valence-electron chi connectivity index (χ4n) is 1.55. The van der Waals surface area contributed by atoms with E-state index >= 15 is 0 Å². The molecule has 0 aliphatic heterocycles. The molecule has 1 atom stereocenters. The van der Waals surface area contributed by atoms with Gasteiger partial charge in [0.05, 0.1) is 0 Å². The molecule has 1 aliphatic rings. The van der Waals surface area contributed by atoms with E-state index in [4.69, 9.17) is 4.74 Å². The number of esters is 1. The maximum Gasteiger partial charge on any atom is 0.303 e. The van der Waals surface area contributed by atoms with Crippen molar-refractivity contribution in [2.75, 3.05) is 0 Å². The molecule has 78 valence electrons. The average molecular weight is 194 g/mol. The van der Waals surface area contributed by atoms with Gasteiger partial charge in [0.1, 0.15) is 6.10 Å². The van der Waals surface area contributed by atoms with Crippen molar-refractivity contribution in [3.8, 4) is 0 Å². The summed E-state index contributed by atoms with van der Waals surface area (Å²) in [7, 11) is 0. The molecule has 14 heavy (non-hydrogen) atoms. The van der Waals surface area contributed by atoms with Gasteiger partial charge in [0, 0.05) is 13.3 Å². The monoisotopic (exact) mass is 194 g/mol. The van der Waals surface area contributed by atoms with Crippen molar-refractivity contribution < 1.29 is 9.53 Å². The first-order chi connectivity index (χ1) is 6.50. The van der Waals surface area contributed by atoms with E-state index in [2.05, 4.69) is 19.9 Å². The fourth-order valence-corrected chi connectivity index (χ4v) is 1.55. The van der Waals surface area contributed by atoms with Crippen LogP contribution in [0.5, 0.6) is 0 Å². The maximum atomic E-state index is 10.9. The second kappa shape index (κ2) is 4.45. The average Bonchev–Trinajstić information content (AvgIpc) is 2.07. The summed E-state index contributed by atoms with van der Waals surface area (Å²) in [6.07, 6.45) is 4.99. The molecular formula is C12H18O2. The summed E-state index contributed by atoms with van der Waals surface area (Å²) in [6.45, 7) is 7.78. The van der Waals surface area contributed by atoms with E-state index in [-0.39, 0.29) is 12.1 Å². The van der Waals surface area contributed by atoms with Crippen molar-refractivity contribution in [3.63, 3.8) is 0 Å². The molecule has 2 nitrogen and oxygen atoms in total. The molecule has 1 aliphatic carbocycles. The van der Waals surface area contributed by atoms with E-state index in [0.717, 1.165) is 12.0 Å². The third-order valence-corrected chi connectivity index (χ3v) is 2.54. The molecule has 0 aromatic rings. The van der Waals surface area contributed by atoms with Gasteiger partial charge in [-0.3, -0.25) is 4.79 Å². The molecule has 0 heterocycles. The lowest BCUT2D eigenvalue weighted by molar-refractivity contribution is -0.144. The van der Waals surface area contributed by atoms with Crippen molar-refractivity contribution in [1.82, 2.24) is 0 Å². The van der Waals surface area contributed by atoms with E-state index < -0.39 is 0 Å². The summed E-state index contributed by atoms with van der Waals surface area (Å²) >= 11 is 0. The fraction of sp³-hybridized carbons (Fsp3) is 0.583. The van der Waals surface area contributed by atoms with Crippen molar-refractivity contribution in [2.24, 2.45) is 5.92 Å². The van der Waals surface area contributed by atoms with Crippen molar-refractivity contribution in [2.45, 2.75) is 40.2 Å². The van der Waals surface area contributed by atoms with E-state index in [1.807, 2.05) is 13.0 Å². The Hall–Kier alpha value is -1.05. The first-order valence-corrected chi connectivity index (χ1v) is 5.05. The summed E-state index contributed by atoms with van der Waals surface area (Å²) in [5, 5.41) is 0. The van der Waals surface area contributed by atoms with Gasteiger partial charge >= 0.3 is 5.97 Å². The Morgan fingerprint density at radius 2 is 2.14 bits per heavy atom. The molecule has 1 rings (SSSR count). The number of allylic oxidation sites excluding steroid dienone is 2. The second-order valence-electron chi connectivity index (χ2n) is 4.11. The molecule has 0 aromatic heterocycles. The van der Waals surface area contributed by atoms with Crippen LogP contribution in [0.1, 0.15) is 34.1 Å². The van der Waals surface area contributed by atoms with Gasteiger partial charge in [-0.2, -0.15) is 0 Å². The Morgan fingerprint density at radius 3 is 2.64 bits per heavy atom. The number of hydrogen-bond donors (Lipinski definition) is 0. The quantitative estimate of drug-likeness (QED) is 0.632. The standard InChI is InChI=1S/C12H18O2/c1-8(2)11-6-5-9(3)12(7-11)14-10(4)13/h5-6,8,12H,7H2,1-4H3. The van der Waals surface area contributed by atoms with Crippen molar-refractivity contribution >= 4 is 5.97 Å². The lowest BCUT2D eigenvalue weighted by atomic mass is 9.90. The number of rotatable bonds is 2. The summed E-state index contributed by atoms with van der Waals surface area (Å²) < 4.78 is 5.24. The molecule has 0 amide bonds. The predicted octanol–water partition coefficient (Wildman–Crippen LogP) is 2.85. The van der Waals surface area contributed by atoms with Crippen LogP contribution in [0.25, 0.3) is 0 Å². The Labute approximate surface area is 85.6 Å². The zero-order chi connectivity index (χ0) is 10.7. The van der Waals surface area contributed by atoms with Gasteiger partial charge in [0.2, 0.25) is 0 Å². The Morgan fingerprint density at radius 1 is 1.50 bits per heavy atom. The molecule has 0 aromatic carbocycles. The summed E-state index contributed by atoms with van der Waals surface area (Å²) in [5.74, 6) is 0.324. The first kappa shape index (κ1) is 11.0. The smallest absolute Gasteiger partial charge is 0.303 e. The highest BCUT2D eigenvalue weighted by atomic mass is 16.5. The van der Waals surface area contributed by atoms with Gasteiger partial charge < -0.3 is 4.74 Å². The molecule has 0 saturated heterocycles. The van der Waals surface area contributed by atoms with Gasteiger partial charge in [-0.05, 0) is 18.4 Å². The van der Waals surface area contributed by atoms with E-state index in [0.29, 0.717) is 5.92 Å². The van der Waals surface area contributed by atoms with Crippen LogP contribution in [-0.2, 0) is 9.53 Å². The summed E-state index contributed by atoms with van der Waals surface area (Å²) in [5.41, 5.74) is 2.48. The van der Waals surface area contributed by atoms with Gasteiger partial charge in [0.25, 0.3) is 0 Å². The third-order valence-electron chi connectivity index (χ3n) is 2.54. The van der Waals surface area contributed by atoms with Crippen LogP contribution >= 0.6 is 0 Å². The number of carbonyl (C=O) groups is 1. The molecule has 0 spiro atoms. The molecule has 0 N–H and O–H groups in total. The van der Waals surface area contributed by atoms with Crippen LogP contribution in [0, 0.1) is 5.92 Å². The van der Waals surface area contributed by atoms with Gasteiger partial charge in [-0.25, -0.2) is 0 Å².